The van der Waals surface area contributed by atoms with E-state index in [-0.39, 0.29) is 18.2 Å². The molecule has 1 aliphatic heterocycles. The molecule has 3 aromatic rings. The second kappa shape index (κ2) is 8.57. The number of aromatic nitrogens is 2. The van der Waals surface area contributed by atoms with Crippen molar-refractivity contribution in [1.82, 2.24) is 15.1 Å². The predicted octanol–water partition coefficient (Wildman–Crippen LogP) is 3.91. The molecule has 8 heteroatoms. The summed E-state index contributed by atoms with van der Waals surface area (Å²) in [6.45, 7) is 3.43. The largest absolute Gasteiger partial charge is 0.421 e. The first-order chi connectivity index (χ1) is 14.1. The Kier molecular flexibility index (Phi) is 5.71. The Hall–Kier alpha value is -3.00. The number of aryl methyl sites for hydroxylation is 2. The second-order valence-electron chi connectivity index (χ2n) is 7.06. The molecule has 1 saturated heterocycles. The van der Waals surface area contributed by atoms with Gasteiger partial charge in [-0.25, -0.2) is 0 Å². The van der Waals surface area contributed by atoms with Crippen LogP contribution in [0.4, 0.5) is 5.69 Å². The normalized spacial score (nSPS) is 13.6. The summed E-state index contributed by atoms with van der Waals surface area (Å²) in [7, 11) is 0. The first-order valence-corrected chi connectivity index (χ1v) is 10.6. The molecule has 0 saturated carbocycles. The number of hydrogen-bond acceptors (Lipinski definition) is 6. The van der Waals surface area contributed by atoms with Crippen molar-refractivity contribution in [3.8, 4) is 11.5 Å². The molecule has 1 aromatic carbocycles. The summed E-state index contributed by atoms with van der Waals surface area (Å²) in [6.07, 6.45) is 2.58. The fourth-order valence-electron chi connectivity index (χ4n) is 3.42. The van der Waals surface area contributed by atoms with Crippen LogP contribution in [0.1, 0.15) is 41.1 Å². The lowest BCUT2D eigenvalue weighted by Gasteiger charge is -2.19. The van der Waals surface area contributed by atoms with Crippen molar-refractivity contribution in [3.63, 3.8) is 0 Å². The van der Waals surface area contributed by atoms with Crippen LogP contribution in [0.3, 0.4) is 0 Å². The zero-order valence-corrected chi connectivity index (χ0v) is 17.0. The standard InChI is InChI=1S/C21H22N4O3S/c1-14-5-4-6-16(19(14)21(27)25-10-2-3-11-25)22-17(26)7-8-18-23-24-20(28-18)15-9-12-29-13-15/h4-6,9,12-13H,2-3,7-8,10-11H2,1H3,(H,22,26). The molecule has 0 unspecified atom stereocenters. The van der Waals surface area contributed by atoms with Gasteiger partial charge in [-0.1, -0.05) is 12.1 Å². The smallest absolute Gasteiger partial charge is 0.256 e. The van der Waals surface area contributed by atoms with Crippen LogP contribution in [-0.2, 0) is 11.2 Å². The first kappa shape index (κ1) is 19.3. The third-order valence-electron chi connectivity index (χ3n) is 4.95. The van der Waals surface area contributed by atoms with E-state index in [1.54, 1.807) is 17.4 Å². The third-order valence-corrected chi connectivity index (χ3v) is 5.64. The maximum Gasteiger partial charge on any atom is 0.256 e. The van der Waals surface area contributed by atoms with Gasteiger partial charge in [-0.2, -0.15) is 11.3 Å². The quantitative estimate of drug-likeness (QED) is 0.665. The summed E-state index contributed by atoms with van der Waals surface area (Å²) in [6, 6.07) is 7.42. The topological polar surface area (TPSA) is 88.3 Å². The highest BCUT2D eigenvalue weighted by Crippen LogP contribution is 2.24. The fraction of sp³-hybridized carbons (Fsp3) is 0.333. The molecule has 4 rings (SSSR count). The molecule has 3 heterocycles. The van der Waals surface area contributed by atoms with Gasteiger partial charge in [-0.3, -0.25) is 9.59 Å². The number of hydrogen-bond donors (Lipinski definition) is 1. The highest BCUT2D eigenvalue weighted by Gasteiger charge is 2.24. The molecule has 150 valence electrons. The van der Waals surface area contributed by atoms with Crippen LogP contribution >= 0.6 is 11.3 Å². The van der Waals surface area contributed by atoms with E-state index in [4.69, 9.17) is 4.42 Å². The van der Waals surface area contributed by atoms with Crippen LogP contribution in [0.25, 0.3) is 11.5 Å². The minimum atomic E-state index is -0.193. The number of anilines is 1. The van der Waals surface area contributed by atoms with Gasteiger partial charge >= 0.3 is 0 Å². The number of thiophene rings is 1. The molecule has 2 aromatic heterocycles. The Morgan fingerprint density at radius 2 is 2.03 bits per heavy atom. The van der Waals surface area contributed by atoms with Gasteiger partial charge in [0.05, 0.1) is 11.3 Å². The van der Waals surface area contributed by atoms with Crippen molar-refractivity contribution in [2.45, 2.75) is 32.6 Å². The molecule has 29 heavy (non-hydrogen) atoms. The summed E-state index contributed by atoms with van der Waals surface area (Å²) in [4.78, 5) is 27.3. The summed E-state index contributed by atoms with van der Waals surface area (Å²) in [5.41, 5.74) is 2.86. The number of benzene rings is 1. The number of nitrogens with zero attached hydrogens (tertiary/aromatic N) is 3. The summed E-state index contributed by atoms with van der Waals surface area (Å²) in [5.74, 6) is 0.660. The van der Waals surface area contributed by atoms with E-state index in [1.807, 2.05) is 40.8 Å². The molecular weight excluding hydrogens is 388 g/mol. The molecule has 7 nitrogen and oxygen atoms in total. The molecule has 0 spiro atoms. The first-order valence-electron chi connectivity index (χ1n) is 9.65. The number of carbonyl (C=O) groups excluding carboxylic acids is 2. The summed E-state index contributed by atoms with van der Waals surface area (Å²) < 4.78 is 5.62. The summed E-state index contributed by atoms with van der Waals surface area (Å²) >= 11 is 1.55. The van der Waals surface area contributed by atoms with Gasteiger partial charge in [0.15, 0.2) is 0 Å². The van der Waals surface area contributed by atoms with E-state index in [0.29, 0.717) is 29.5 Å². The Morgan fingerprint density at radius 3 is 2.79 bits per heavy atom. The highest BCUT2D eigenvalue weighted by molar-refractivity contribution is 7.08. The minimum absolute atomic E-state index is 0.0202. The monoisotopic (exact) mass is 410 g/mol. The predicted molar refractivity (Wildman–Crippen MR) is 111 cm³/mol. The lowest BCUT2D eigenvalue weighted by Crippen LogP contribution is -2.29. The molecule has 0 atom stereocenters. The molecular formula is C21H22N4O3S. The van der Waals surface area contributed by atoms with Gasteiger partial charge in [0, 0.05) is 36.9 Å². The second-order valence-corrected chi connectivity index (χ2v) is 7.84. The maximum absolute atomic E-state index is 12.9. The van der Waals surface area contributed by atoms with Gasteiger partial charge in [0.1, 0.15) is 0 Å². The van der Waals surface area contributed by atoms with Crippen LogP contribution in [0.15, 0.2) is 39.4 Å². The maximum atomic E-state index is 12.9. The number of amides is 2. The van der Waals surface area contributed by atoms with Crippen molar-refractivity contribution in [3.05, 3.63) is 52.0 Å². The van der Waals surface area contributed by atoms with Crippen molar-refractivity contribution in [2.24, 2.45) is 0 Å². The molecule has 2 amide bonds. The van der Waals surface area contributed by atoms with Crippen molar-refractivity contribution < 1.29 is 14.0 Å². The van der Waals surface area contributed by atoms with Gasteiger partial charge in [-0.15, -0.1) is 10.2 Å². The molecule has 0 aliphatic carbocycles. The van der Waals surface area contributed by atoms with E-state index in [9.17, 15) is 9.59 Å². The lowest BCUT2D eigenvalue weighted by molar-refractivity contribution is -0.116. The van der Waals surface area contributed by atoms with E-state index in [0.717, 1.165) is 37.1 Å². The van der Waals surface area contributed by atoms with Crippen molar-refractivity contribution in [1.29, 1.82) is 0 Å². The Morgan fingerprint density at radius 1 is 1.21 bits per heavy atom. The summed E-state index contributed by atoms with van der Waals surface area (Å²) in [5, 5.41) is 14.8. The van der Waals surface area contributed by atoms with Crippen molar-refractivity contribution in [2.75, 3.05) is 18.4 Å². The van der Waals surface area contributed by atoms with Crippen LogP contribution in [0.2, 0.25) is 0 Å². The van der Waals surface area contributed by atoms with Gasteiger partial charge in [-0.05, 0) is 42.8 Å². The van der Waals surface area contributed by atoms with E-state index in [2.05, 4.69) is 15.5 Å². The van der Waals surface area contributed by atoms with E-state index < -0.39 is 0 Å². The van der Waals surface area contributed by atoms with E-state index in [1.165, 1.54) is 0 Å². The molecule has 0 radical (unpaired) electrons. The number of rotatable bonds is 6. The van der Waals surface area contributed by atoms with Crippen LogP contribution in [-0.4, -0.2) is 40.0 Å². The number of likely N-dealkylation sites (tertiary alicyclic amines) is 1. The average molecular weight is 410 g/mol. The number of nitrogens with one attached hydrogen (secondary N) is 1. The lowest BCUT2D eigenvalue weighted by atomic mass is 10.0. The zero-order valence-electron chi connectivity index (χ0n) is 16.2. The Bertz CT molecular complexity index is 1010. The average Bonchev–Trinajstić information content (AvgIpc) is 3.48. The minimum Gasteiger partial charge on any atom is -0.421 e. The highest BCUT2D eigenvalue weighted by atomic mass is 32.1. The molecule has 1 aliphatic rings. The molecule has 1 N–H and O–H groups in total. The van der Waals surface area contributed by atoms with Crippen LogP contribution in [0.5, 0.6) is 0 Å². The molecule has 1 fully saturated rings. The van der Waals surface area contributed by atoms with Gasteiger partial charge < -0.3 is 14.6 Å². The van der Waals surface area contributed by atoms with Crippen LogP contribution < -0.4 is 5.32 Å². The molecule has 0 bridgehead atoms. The SMILES string of the molecule is Cc1cccc(NC(=O)CCc2nnc(-c3ccsc3)o2)c1C(=O)N1CCCC1. The Labute approximate surface area is 172 Å². The zero-order chi connectivity index (χ0) is 20.2. The Balaban J connectivity index is 1.41. The van der Waals surface area contributed by atoms with Crippen molar-refractivity contribution >= 4 is 28.8 Å². The van der Waals surface area contributed by atoms with E-state index >= 15 is 0 Å². The van der Waals surface area contributed by atoms with Gasteiger partial charge in [0.2, 0.25) is 17.7 Å². The third kappa shape index (κ3) is 4.37. The number of carbonyl (C=O) groups is 2. The van der Waals surface area contributed by atoms with Gasteiger partial charge in [0.25, 0.3) is 5.91 Å². The fourth-order valence-corrected chi connectivity index (χ4v) is 4.05. The van der Waals surface area contributed by atoms with Crippen LogP contribution in [0, 0.1) is 6.92 Å².